The molecule has 0 radical (unpaired) electrons. The van der Waals surface area contributed by atoms with Crippen LogP contribution in [-0.2, 0) is 0 Å². The Kier molecular flexibility index (Phi) is 7.75. The van der Waals surface area contributed by atoms with E-state index in [0.29, 0.717) is 0 Å². The number of rotatable bonds is 2. The fourth-order valence-electron chi connectivity index (χ4n) is 0.899. The van der Waals surface area contributed by atoms with Gasteiger partial charge in [-0.05, 0) is 6.07 Å². The molecule has 0 aliphatic carbocycles. The smallest absolute Gasteiger partial charge is 0.870 e. The number of carboxylic acid groups (broad SMARTS) is 1. The standard InChI is InChI=1S/C7H6N2O4.K.H2O/c8-6-4(7(10)11)2-1-3-5(6)9(12)13;;/h1-3H,8H2,(H,10,11);;1H2/q;+1;/p-1. The molecule has 0 unspecified atom stereocenters. The molecule has 0 saturated carbocycles. The summed E-state index contributed by atoms with van der Waals surface area (Å²) in [6.45, 7) is 0. The van der Waals surface area contributed by atoms with Crippen molar-refractivity contribution in [2.45, 2.75) is 0 Å². The van der Waals surface area contributed by atoms with Crippen LogP contribution in [0.4, 0.5) is 11.4 Å². The molecule has 76 valence electrons. The molecule has 0 spiro atoms. The Hall–Kier alpha value is -0.514. The van der Waals surface area contributed by atoms with Crippen molar-refractivity contribution < 1.29 is 71.7 Å². The Morgan fingerprint density at radius 1 is 1.47 bits per heavy atom. The van der Waals surface area contributed by atoms with Crippen LogP contribution in [0.25, 0.3) is 0 Å². The summed E-state index contributed by atoms with van der Waals surface area (Å²) >= 11 is 0. The molecule has 15 heavy (non-hydrogen) atoms. The third-order valence-corrected chi connectivity index (χ3v) is 1.51. The predicted octanol–water partition coefficient (Wildman–Crippen LogP) is -2.30. The molecule has 0 atom stereocenters. The molecular formula is C7H7KN2O5. The van der Waals surface area contributed by atoms with Crippen LogP contribution >= 0.6 is 0 Å². The summed E-state index contributed by atoms with van der Waals surface area (Å²) in [6.07, 6.45) is 0. The van der Waals surface area contributed by atoms with Crippen molar-refractivity contribution in [3.05, 3.63) is 33.9 Å². The van der Waals surface area contributed by atoms with Crippen molar-refractivity contribution in [3.8, 4) is 0 Å². The fourth-order valence-corrected chi connectivity index (χ4v) is 0.899. The second-order valence-corrected chi connectivity index (χ2v) is 2.30. The van der Waals surface area contributed by atoms with Crippen LogP contribution in [0.3, 0.4) is 0 Å². The number of nitrogen functional groups attached to an aromatic ring is 1. The molecule has 7 nitrogen and oxygen atoms in total. The Balaban J connectivity index is 0. The summed E-state index contributed by atoms with van der Waals surface area (Å²) in [5.74, 6) is -1.28. The fraction of sp³-hybridized carbons (Fsp3) is 0. The average molecular weight is 238 g/mol. The van der Waals surface area contributed by atoms with E-state index in [1.165, 1.54) is 12.1 Å². The minimum Gasteiger partial charge on any atom is -0.870 e. The molecule has 8 heteroatoms. The second-order valence-electron chi connectivity index (χ2n) is 2.30. The molecule has 1 rings (SSSR count). The molecule has 4 N–H and O–H groups in total. The van der Waals surface area contributed by atoms with Gasteiger partial charge in [0.2, 0.25) is 0 Å². The van der Waals surface area contributed by atoms with Gasteiger partial charge in [-0.15, -0.1) is 0 Å². The molecule has 0 aromatic heterocycles. The quantitative estimate of drug-likeness (QED) is 0.257. The van der Waals surface area contributed by atoms with Crippen LogP contribution in [0.15, 0.2) is 18.2 Å². The maximum absolute atomic E-state index is 10.5. The van der Waals surface area contributed by atoms with E-state index in [2.05, 4.69) is 0 Å². The monoisotopic (exact) mass is 238 g/mol. The molecule has 0 bridgehead atoms. The number of para-hydroxylation sites is 1. The first-order valence-corrected chi connectivity index (χ1v) is 3.30. The molecule has 0 fully saturated rings. The van der Waals surface area contributed by atoms with Crippen LogP contribution in [0, 0.1) is 10.1 Å². The van der Waals surface area contributed by atoms with E-state index in [-0.39, 0.29) is 73.8 Å². The Morgan fingerprint density at radius 2 is 2.00 bits per heavy atom. The van der Waals surface area contributed by atoms with Crippen LogP contribution in [0.5, 0.6) is 0 Å². The second kappa shape index (κ2) is 6.88. The maximum Gasteiger partial charge on any atom is 1.00 e. The largest absolute Gasteiger partial charge is 1.00 e. The van der Waals surface area contributed by atoms with Crippen LogP contribution in [0.2, 0.25) is 0 Å². The van der Waals surface area contributed by atoms with Gasteiger partial charge in [0.15, 0.2) is 0 Å². The van der Waals surface area contributed by atoms with Gasteiger partial charge in [0.25, 0.3) is 5.69 Å². The van der Waals surface area contributed by atoms with Gasteiger partial charge >= 0.3 is 57.4 Å². The first-order chi connectivity index (χ1) is 6.04. The summed E-state index contributed by atoms with van der Waals surface area (Å²) in [6, 6.07) is 3.64. The van der Waals surface area contributed by atoms with Gasteiger partial charge in [0, 0.05) is 6.07 Å². The Bertz CT molecular complexity index is 349. The van der Waals surface area contributed by atoms with Crippen molar-refractivity contribution in [2.75, 3.05) is 5.73 Å². The maximum atomic E-state index is 10.5. The zero-order valence-electron chi connectivity index (χ0n) is 7.88. The third kappa shape index (κ3) is 3.85. The molecule has 0 aliphatic heterocycles. The number of nitrogens with zero attached hydrogens (tertiary/aromatic N) is 1. The normalized spacial score (nSPS) is 8.27. The summed E-state index contributed by atoms with van der Waals surface area (Å²) in [7, 11) is 0. The van der Waals surface area contributed by atoms with Gasteiger partial charge in [0.05, 0.1) is 10.5 Å². The minimum absolute atomic E-state index is 0. The van der Waals surface area contributed by atoms with Crippen LogP contribution in [-0.4, -0.2) is 21.5 Å². The topological polar surface area (TPSA) is 136 Å². The molecule has 0 aliphatic rings. The first-order valence-electron chi connectivity index (χ1n) is 3.30. The zero-order chi connectivity index (χ0) is 10.0. The van der Waals surface area contributed by atoms with E-state index >= 15 is 0 Å². The Labute approximate surface area is 127 Å². The average Bonchev–Trinajstić information content (AvgIpc) is 2.03. The van der Waals surface area contributed by atoms with Crippen molar-refractivity contribution in [1.82, 2.24) is 0 Å². The summed E-state index contributed by atoms with van der Waals surface area (Å²) in [5.41, 5.74) is 4.30. The summed E-state index contributed by atoms with van der Waals surface area (Å²) in [4.78, 5) is 20.1. The number of carbonyl (C=O) groups is 1. The van der Waals surface area contributed by atoms with Gasteiger partial charge in [-0.2, -0.15) is 0 Å². The molecule has 0 heterocycles. The predicted molar refractivity (Wildman–Crippen MR) is 46.4 cm³/mol. The number of carboxylic acids is 1. The summed E-state index contributed by atoms with van der Waals surface area (Å²) < 4.78 is 0. The van der Waals surface area contributed by atoms with E-state index in [4.69, 9.17) is 10.8 Å². The van der Waals surface area contributed by atoms with Crippen LogP contribution < -0.4 is 57.1 Å². The van der Waals surface area contributed by atoms with Crippen molar-refractivity contribution >= 4 is 17.3 Å². The number of hydrogen-bond acceptors (Lipinski definition) is 5. The molecule has 1 aromatic carbocycles. The molecule has 0 amide bonds. The number of nitro groups is 1. The number of nitro benzene ring substituents is 1. The van der Waals surface area contributed by atoms with E-state index in [1.54, 1.807) is 0 Å². The van der Waals surface area contributed by atoms with Gasteiger partial charge in [-0.1, -0.05) is 6.07 Å². The molecular weight excluding hydrogens is 231 g/mol. The number of nitrogens with two attached hydrogens (primary N) is 1. The van der Waals surface area contributed by atoms with E-state index in [0.717, 1.165) is 6.07 Å². The van der Waals surface area contributed by atoms with Gasteiger partial charge in [-0.3, -0.25) is 10.1 Å². The number of anilines is 1. The minimum atomic E-state index is -1.28. The van der Waals surface area contributed by atoms with Crippen LogP contribution in [0.1, 0.15) is 10.4 Å². The number of aromatic carboxylic acids is 1. The van der Waals surface area contributed by atoms with Gasteiger partial charge in [0.1, 0.15) is 5.69 Å². The van der Waals surface area contributed by atoms with E-state index in [9.17, 15) is 14.9 Å². The zero-order valence-corrected chi connectivity index (χ0v) is 11.0. The number of hydrogen-bond donors (Lipinski definition) is 2. The molecule has 0 saturated heterocycles. The van der Waals surface area contributed by atoms with Gasteiger partial charge in [-0.25, -0.2) is 4.79 Å². The summed E-state index contributed by atoms with van der Waals surface area (Å²) in [5, 5.41) is 18.9. The van der Waals surface area contributed by atoms with Crippen molar-refractivity contribution in [1.29, 1.82) is 0 Å². The molecule has 1 aromatic rings. The third-order valence-electron chi connectivity index (χ3n) is 1.51. The van der Waals surface area contributed by atoms with Crippen molar-refractivity contribution in [3.63, 3.8) is 0 Å². The van der Waals surface area contributed by atoms with E-state index in [1.807, 2.05) is 0 Å². The van der Waals surface area contributed by atoms with Crippen molar-refractivity contribution in [2.24, 2.45) is 0 Å². The number of benzene rings is 1. The van der Waals surface area contributed by atoms with Gasteiger partial charge < -0.3 is 16.3 Å². The SMILES string of the molecule is Nc1c(C(=O)O)cccc1[N+](=O)[O-].[K+].[OH-]. The Morgan fingerprint density at radius 3 is 2.40 bits per heavy atom. The first kappa shape index (κ1) is 16.9. The van der Waals surface area contributed by atoms with E-state index < -0.39 is 10.9 Å².